The van der Waals surface area contributed by atoms with Crippen molar-refractivity contribution in [2.45, 2.75) is 6.54 Å². The summed E-state index contributed by atoms with van der Waals surface area (Å²) >= 11 is 2.18. The van der Waals surface area contributed by atoms with Gasteiger partial charge in [-0.2, -0.15) is 0 Å². The highest BCUT2D eigenvalue weighted by Crippen LogP contribution is 2.18. The number of anilines is 1. The first-order valence-electron chi connectivity index (χ1n) is 7.55. The normalized spacial score (nSPS) is 14.6. The molecule has 1 saturated heterocycles. The van der Waals surface area contributed by atoms with Crippen LogP contribution >= 0.6 is 22.6 Å². The standard InChI is InChI=1S/C17H18IN3O2/c18-15-6-2-1-5-14(15)17(22)20-12-13-4-3-7-19-16(13)21-8-10-23-11-9-21/h1-7H,8-12H2,(H,20,22). The van der Waals surface area contributed by atoms with Gasteiger partial charge in [0.2, 0.25) is 0 Å². The smallest absolute Gasteiger partial charge is 0.252 e. The van der Waals surface area contributed by atoms with Crippen molar-refractivity contribution in [2.24, 2.45) is 0 Å². The highest BCUT2D eigenvalue weighted by molar-refractivity contribution is 14.1. The maximum Gasteiger partial charge on any atom is 0.252 e. The van der Waals surface area contributed by atoms with Crippen molar-refractivity contribution in [1.29, 1.82) is 0 Å². The molecule has 0 spiro atoms. The molecule has 0 saturated carbocycles. The van der Waals surface area contributed by atoms with Crippen molar-refractivity contribution in [2.75, 3.05) is 31.2 Å². The molecule has 120 valence electrons. The molecule has 0 bridgehead atoms. The molecular formula is C17H18IN3O2. The second-order valence-electron chi connectivity index (χ2n) is 5.25. The van der Waals surface area contributed by atoms with Crippen molar-refractivity contribution >= 4 is 34.3 Å². The Balaban J connectivity index is 1.71. The number of benzene rings is 1. The van der Waals surface area contributed by atoms with Gasteiger partial charge in [0.25, 0.3) is 5.91 Å². The number of morpholine rings is 1. The van der Waals surface area contributed by atoms with Crippen molar-refractivity contribution in [3.8, 4) is 0 Å². The second kappa shape index (κ2) is 7.74. The fourth-order valence-electron chi connectivity index (χ4n) is 2.54. The third-order valence-corrected chi connectivity index (χ3v) is 4.68. The lowest BCUT2D eigenvalue weighted by molar-refractivity contribution is 0.0949. The van der Waals surface area contributed by atoms with Gasteiger partial charge in [0.1, 0.15) is 5.82 Å². The summed E-state index contributed by atoms with van der Waals surface area (Å²) < 4.78 is 6.34. The lowest BCUT2D eigenvalue weighted by Crippen LogP contribution is -2.37. The maximum atomic E-state index is 12.4. The number of carbonyl (C=O) groups excluding carboxylic acids is 1. The lowest BCUT2D eigenvalue weighted by Gasteiger charge is -2.29. The molecule has 5 nitrogen and oxygen atoms in total. The molecule has 23 heavy (non-hydrogen) atoms. The Morgan fingerprint density at radius 2 is 2.00 bits per heavy atom. The number of hydrogen-bond donors (Lipinski definition) is 1. The average Bonchev–Trinajstić information content (AvgIpc) is 2.61. The lowest BCUT2D eigenvalue weighted by atomic mass is 10.2. The van der Waals surface area contributed by atoms with Gasteiger partial charge in [0.05, 0.1) is 18.8 Å². The van der Waals surface area contributed by atoms with Gasteiger partial charge in [0, 0.05) is 35.0 Å². The molecule has 0 radical (unpaired) electrons. The number of nitrogens with zero attached hydrogens (tertiary/aromatic N) is 2. The molecular weight excluding hydrogens is 405 g/mol. The summed E-state index contributed by atoms with van der Waals surface area (Å²) in [6.45, 7) is 3.54. The minimum Gasteiger partial charge on any atom is -0.378 e. The van der Waals surface area contributed by atoms with Crippen LogP contribution in [0, 0.1) is 3.57 Å². The molecule has 1 aromatic carbocycles. The van der Waals surface area contributed by atoms with Crippen LogP contribution in [0.4, 0.5) is 5.82 Å². The first-order valence-corrected chi connectivity index (χ1v) is 8.63. The van der Waals surface area contributed by atoms with Crippen LogP contribution in [0.3, 0.4) is 0 Å². The topological polar surface area (TPSA) is 54.5 Å². The Morgan fingerprint density at radius 1 is 1.22 bits per heavy atom. The van der Waals surface area contributed by atoms with Crippen LogP contribution < -0.4 is 10.2 Å². The van der Waals surface area contributed by atoms with E-state index >= 15 is 0 Å². The van der Waals surface area contributed by atoms with E-state index in [4.69, 9.17) is 4.74 Å². The fourth-order valence-corrected chi connectivity index (χ4v) is 3.18. The summed E-state index contributed by atoms with van der Waals surface area (Å²) in [5, 5.41) is 2.99. The Bertz CT molecular complexity index is 687. The van der Waals surface area contributed by atoms with Crippen LogP contribution in [0.1, 0.15) is 15.9 Å². The van der Waals surface area contributed by atoms with Gasteiger partial charge in [0.15, 0.2) is 0 Å². The second-order valence-corrected chi connectivity index (χ2v) is 6.41. The summed E-state index contributed by atoms with van der Waals surface area (Å²) in [4.78, 5) is 19.1. The molecule has 1 aromatic heterocycles. The highest BCUT2D eigenvalue weighted by Gasteiger charge is 2.16. The van der Waals surface area contributed by atoms with Gasteiger partial charge in [-0.3, -0.25) is 4.79 Å². The highest BCUT2D eigenvalue weighted by atomic mass is 127. The van der Waals surface area contributed by atoms with Gasteiger partial charge in [-0.1, -0.05) is 18.2 Å². The molecule has 1 amide bonds. The Morgan fingerprint density at radius 3 is 2.78 bits per heavy atom. The van der Waals surface area contributed by atoms with E-state index in [1.54, 1.807) is 6.20 Å². The maximum absolute atomic E-state index is 12.4. The first kappa shape index (κ1) is 16.2. The van der Waals surface area contributed by atoms with E-state index in [1.807, 2.05) is 36.4 Å². The third-order valence-electron chi connectivity index (χ3n) is 3.74. The fraction of sp³-hybridized carbons (Fsp3) is 0.294. The summed E-state index contributed by atoms with van der Waals surface area (Å²) in [6.07, 6.45) is 1.79. The van der Waals surface area contributed by atoms with Gasteiger partial charge >= 0.3 is 0 Å². The van der Waals surface area contributed by atoms with E-state index in [9.17, 15) is 4.79 Å². The molecule has 2 heterocycles. The molecule has 2 aromatic rings. The van der Waals surface area contributed by atoms with E-state index in [0.29, 0.717) is 25.3 Å². The quantitative estimate of drug-likeness (QED) is 0.768. The number of ether oxygens (including phenoxy) is 1. The zero-order chi connectivity index (χ0) is 16.1. The number of halogens is 1. The largest absolute Gasteiger partial charge is 0.378 e. The molecule has 1 aliphatic heterocycles. The van der Waals surface area contributed by atoms with Crippen LogP contribution in [0.2, 0.25) is 0 Å². The average molecular weight is 423 g/mol. The zero-order valence-corrected chi connectivity index (χ0v) is 14.8. The minimum atomic E-state index is -0.0632. The van der Waals surface area contributed by atoms with Gasteiger partial charge < -0.3 is 15.0 Å². The Kier molecular flexibility index (Phi) is 5.45. The summed E-state index contributed by atoms with van der Waals surface area (Å²) in [6, 6.07) is 11.5. The number of pyridine rings is 1. The molecule has 0 atom stereocenters. The van der Waals surface area contributed by atoms with E-state index in [0.717, 1.165) is 28.0 Å². The van der Waals surface area contributed by atoms with Crippen molar-refractivity contribution < 1.29 is 9.53 Å². The molecule has 3 rings (SSSR count). The van der Waals surface area contributed by atoms with Crippen LogP contribution in [0.5, 0.6) is 0 Å². The Labute approximate surface area is 149 Å². The van der Waals surface area contributed by atoms with Crippen LogP contribution in [-0.2, 0) is 11.3 Å². The van der Waals surface area contributed by atoms with Crippen molar-refractivity contribution in [3.05, 3.63) is 57.3 Å². The molecule has 1 aliphatic rings. The SMILES string of the molecule is O=C(NCc1cccnc1N1CCOCC1)c1ccccc1I. The third kappa shape index (κ3) is 4.00. The molecule has 0 aliphatic carbocycles. The van der Waals surface area contributed by atoms with E-state index < -0.39 is 0 Å². The zero-order valence-electron chi connectivity index (χ0n) is 12.7. The first-order chi connectivity index (χ1) is 11.3. The van der Waals surface area contributed by atoms with Crippen molar-refractivity contribution in [1.82, 2.24) is 10.3 Å². The summed E-state index contributed by atoms with van der Waals surface area (Å²) in [5.74, 6) is 0.866. The number of rotatable bonds is 4. The predicted octanol–water partition coefficient (Wildman–Crippen LogP) is 2.45. The minimum absolute atomic E-state index is 0.0632. The summed E-state index contributed by atoms with van der Waals surface area (Å²) in [7, 11) is 0. The van der Waals surface area contributed by atoms with Crippen molar-refractivity contribution in [3.63, 3.8) is 0 Å². The predicted molar refractivity (Wildman–Crippen MR) is 97.6 cm³/mol. The summed E-state index contributed by atoms with van der Waals surface area (Å²) in [5.41, 5.74) is 1.72. The van der Waals surface area contributed by atoms with Crippen LogP contribution in [-0.4, -0.2) is 37.2 Å². The number of carbonyl (C=O) groups is 1. The van der Waals surface area contributed by atoms with Gasteiger partial charge in [-0.25, -0.2) is 4.98 Å². The monoisotopic (exact) mass is 423 g/mol. The molecule has 6 heteroatoms. The number of amides is 1. The number of aromatic nitrogens is 1. The molecule has 1 N–H and O–H groups in total. The van der Waals surface area contributed by atoms with Gasteiger partial charge in [-0.15, -0.1) is 0 Å². The molecule has 1 fully saturated rings. The Hall–Kier alpha value is -1.67. The molecule has 0 unspecified atom stereocenters. The van der Waals surface area contributed by atoms with E-state index in [2.05, 4.69) is 37.8 Å². The van der Waals surface area contributed by atoms with Crippen LogP contribution in [0.25, 0.3) is 0 Å². The number of hydrogen-bond acceptors (Lipinski definition) is 4. The van der Waals surface area contributed by atoms with Gasteiger partial charge in [-0.05, 0) is 40.8 Å². The van der Waals surface area contributed by atoms with Crippen LogP contribution in [0.15, 0.2) is 42.6 Å². The van der Waals surface area contributed by atoms with E-state index in [1.165, 1.54) is 0 Å². The number of nitrogens with one attached hydrogen (secondary N) is 1. The van der Waals surface area contributed by atoms with E-state index in [-0.39, 0.29) is 5.91 Å².